The molecule has 1 aromatic heterocycles. The molecule has 1 heterocycles. The molecule has 0 saturated carbocycles. The van der Waals surface area contributed by atoms with Gasteiger partial charge in [-0.2, -0.15) is 0 Å². The van der Waals surface area contributed by atoms with Crippen LogP contribution in [-0.2, 0) is 4.79 Å². The van der Waals surface area contributed by atoms with E-state index in [0.717, 1.165) is 4.68 Å². The monoisotopic (exact) mass is 171 g/mol. The van der Waals surface area contributed by atoms with Crippen molar-refractivity contribution in [2.45, 2.75) is 0 Å². The number of rotatable bonds is 3. The fraction of sp³-hybridized carbons (Fsp3) is 0. The zero-order valence-corrected chi connectivity index (χ0v) is 5.82. The lowest BCUT2D eigenvalue weighted by atomic mass is 10.6. The minimum atomic E-state index is -0.0857. The van der Waals surface area contributed by atoms with E-state index >= 15 is 0 Å². The van der Waals surface area contributed by atoms with Gasteiger partial charge in [0.25, 0.3) is 6.47 Å². The summed E-state index contributed by atoms with van der Waals surface area (Å²) < 4.78 is 5.28. The summed E-state index contributed by atoms with van der Waals surface area (Å²) in [7, 11) is 0. The largest absolute Gasteiger partial charge is 0.568 e. The van der Waals surface area contributed by atoms with Crippen LogP contribution in [0.2, 0.25) is 0 Å². The van der Waals surface area contributed by atoms with E-state index < -0.39 is 0 Å². The molecule has 0 fully saturated rings. The van der Waals surface area contributed by atoms with E-state index in [1.807, 2.05) is 0 Å². The fourth-order valence-corrected chi connectivity index (χ4v) is 0.644. The maximum atomic E-state index is 10.6. The Kier molecular flexibility index (Phi) is 2.26. The van der Waals surface area contributed by atoms with Gasteiger partial charge in [0.1, 0.15) is 6.20 Å². The van der Waals surface area contributed by atoms with Gasteiger partial charge in [-0.15, -0.1) is 0 Å². The standard InChI is InChI=1S/C5H5N3O4/c9-4-12-5-1-2-7(3-5)8(11)6-10/h1-4,10H/b8-6-. The van der Waals surface area contributed by atoms with Crippen LogP contribution in [0, 0.1) is 5.21 Å². The molecule has 0 amide bonds. The smallest absolute Gasteiger partial charge is 0.298 e. The molecule has 0 aliphatic rings. The minimum absolute atomic E-state index is 0.0857. The van der Waals surface area contributed by atoms with E-state index in [1.54, 1.807) is 0 Å². The molecular formula is C5H5N3O4. The van der Waals surface area contributed by atoms with Crippen LogP contribution in [0.1, 0.15) is 0 Å². The highest BCUT2D eigenvalue weighted by Gasteiger charge is 2.02. The molecule has 0 spiro atoms. The van der Waals surface area contributed by atoms with Crippen molar-refractivity contribution >= 4 is 6.47 Å². The van der Waals surface area contributed by atoms with Crippen molar-refractivity contribution in [3.8, 4) is 5.75 Å². The van der Waals surface area contributed by atoms with E-state index in [2.05, 4.69) is 10.0 Å². The van der Waals surface area contributed by atoms with Crippen molar-refractivity contribution in [2.24, 2.45) is 5.28 Å². The Morgan fingerprint density at radius 1 is 1.83 bits per heavy atom. The maximum absolute atomic E-state index is 10.6. The van der Waals surface area contributed by atoms with Crippen molar-refractivity contribution in [1.29, 1.82) is 0 Å². The third-order valence-electron chi connectivity index (χ3n) is 1.11. The average Bonchev–Trinajstić information content (AvgIpc) is 2.52. The van der Waals surface area contributed by atoms with Gasteiger partial charge < -0.3 is 15.2 Å². The van der Waals surface area contributed by atoms with Gasteiger partial charge in [-0.25, -0.2) is 0 Å². The summed E-state index contributed by atoms with van der Waals surface area (Å²) in [6.07, 6.45) is 2.45. The Morgan fingerprint density at radius 3 is 3.17 bits per heavy atom. The Balaban J connectivity index is 2.83. The van der Waals surface area contributed by atoms with Gasteiger partial charge in [-0.05, 0) is 0 Å². The SMILES string of the molecule is O=COc1ccn(/[N+]([O-])=N/O)c1. The first-order valence-electron chi connectivity index (χ1n) is 2.89. The number of aromatic nitrogens is 1. The lowest BCUT2D eigenvalue weighted by molar-refractivity contribution is -0.610. The van der Waals surface area contributed by atoms with Gasteiger partial charge in [-0.3, -0.25) is 4.79 Å². The highest BCUT2D eigenvalue weighted by Crippen LogP contribution is 2.09. The van der Waals surface area contributed by atoms with E-state index in [0.29, 0.717) is 0 Å². The first-order valence-corrected chi connectivity index (χ1v) is 2.89. The molecule has 0 aromatic carbocycles. The van der Waals surface area contributed by atoms with Gasteiger partial charge in [-0.1, -0.05) is 4.68 Å². The van der Waals surface area contributed by atoms with Crippen LogP contribution >= 0.6 is 0 Å². The Morgan fingerprint density at radius 2 is 2.58 bits per heavy atom. The number of ether oxygens (including phenoxy) is 1. The van der Waals surface area contributed by atoms with Crippen molar-refractivity contribution in [3.05, 3.63) is 23.7 Å². The average molecular weight is 171 g/mol. The van der Waals surface area contributed by atoms with E-state index in [1.165, 1.54) is 18.5 Å². The molecular weight excluding hydrogens is 166 g/mol. The zero-order chi connectivity index (χ0) is 8.97. The van der Waals surface area contributed by atoms with Crippen molar-refractivity contribution < 1.29 is 19.7 Å². The summed E-state index contributed by atoms with van der Waals surface area (Å²) in [4.78, 5) is 9.74. The molecule has 0 atom stereocenters. The second kappa shape index (κ2) is 3.37. The van der Waals surface area contributed by atoms with Crippen molar-refractivity contribution in [2.75, 3.05) is 0 Å². The number of carbonyl (C=O) groups excluding carboxylic acids is 1. The van der Waals surface area contributed by atoms with Crippen LogP contribution in [0.15, 0.2) is 23.7 Å². The van der Waals surface area contributed by atoms with Gasteiger partial charge in [0.2, 0.25) is 5.28 Å². The zero-order valence-electron chi connectivity index (χ0n) is 5.82. The van der Waals surface area contributed by atoms with E-state index in [-0.39, 0.29) is 17.2 Å². The minimum Gasteiger partial charge on any atom is -0.568 e. The van der Waals surface area contributed by atoms with Crippen LogP contribution in [0.3, 0.4) is 0 Å². The lowest BCUT2D eigenvalue weighted by Gasteiger charge is -1.93. The molecule has 1 aromatic rings. The molecule has 0 unspecified atom stereocenters. The van der Waals surface area contributed by atoms with E-state index in [9.17, 15) is 10.0 Å². The Bertz CT molecular complexity index is 305. The van der Waals surface area contributed by atoms with Crippen LogP contribution in [0.5, 0.6) is 5.75 Å². The summed E-state index contributed by atoms with van der Waals surface area (Å²) in [5.74, 6) is 0.189. The number of carbonyl (C=O) groups is 1. The Labute approximate surface area is 66.6 Å². The molecule has 0 aliphatic carbocycles. The van der Waals surface area contributed by atoms with Gasteiger partial charge in [0.05, 0.1) is 11.2 Å². The van der Waals surface area contributed by atoms with E-state index in [4.69, 9.17) is 5.21 Å². The van der Waals surface area contributed by atoms with Crippen LogP contribution in [-0.4, -0.2) is 21.3 Å². The third-order valence-corrected chi connectivity index (χ3v) is 1.11. The summed E-state index contributed by atoms with van der Waals surface area (Å²) >= 11 is 0. The molecule has 64 valence electrons. The highest BCUT2D eigenvalue weighted by molar-refractivity contribution is 5.44. The second-order valence-corrected chi connectivity index (χ2v) is 1.78. The number of hydrogen-bond donors (Lipinski definition) is 1. The molecule has 0 bridgehead atoms. The first kappa shape index (κ1) is 8.05. The van der Waals surface area contributed by atoms with Gasteiger partial charge in [0.15, 0.2) is 5.75 Å². The van der Waals surface area contributed by atoms with Gasteiger partial charge in [0, 0.05) is 6.07 Å². The predicted molar refractivity (Wildman–Crippen MR) is 34.4 cm³/mol. The summed E-state index contributed by atoms with van der Waals surface area (Å²) in [6, 6.07) is 1.37. The molecule has 1 N–H and O–H groups in total. The Hall–Kier alpha value is -2.05. The normalized spacial score (nSPS) is 11.2. The molecule has 1 rings (SSSR count). The quantitative estimate of drug-likeness (QED) is 0.303. The predicted octanol–water partition coefficient (Wildman–Crippen LogP) is 0.138. The molecule has 0 aliphatic heterocycles. The lowest BCUT2D eigenvalue weighted by Crippen LogP contribution is -2.06. The molecule has 0 radical (unpaired) electrons. The molecule has 0 saturated heterocycles. The summed E-state index contributed by atoms with van der Waals surface area (Å²) in [5.41, 5.74) is 0. The number of hydrogen-bond acceptors (Lipinski definition) is 4. The van der Waals surface area contributed by atoms with Crippen molar-refractivity contribution in [3.63, 3.8) is 0 Å². The molecule has 7 heteroatoms. The third kappa shape index (κ3) is 1.51. The first-order chi connectivity index (χ1) is 5.77. The summed E-state index contributed by atoms with van der Waals surface area (Å²) in [5, 5.41) is 20.9. The maximum Gasteiger partial charge on any atom is 0.298 e. The second-order valence-electron chi connectivity index (χ2n) is 1.78. The topological polar surface area (TPSA) is 89.9 Å². The summed E-state index contributed by atoms with van der Waals surface area (Å²) in [6.45, 7) is 0.227. The van der Waals surface area contributed by atoms with Crippen LogP contribution in [0.25, 0.3) is 0 Å². The number of nitrogens with zero attached hydrogens (tertiary/aromatic N) is 3. The molecule has 7 nitrogen and oxygen atoms in total. The van der Waals surface area contributed by atoms with Gasteiger partial charge >= 0.3 is 0 Å². The van der Waals surface area contributed by atoms with Crippen molar-refractivity contribution in [1.82, 2.24) is 4.68 Å². The van der Waals surface area contributed by atoms with Crippen LogP contribution < -0.4 is 4.74 Å². The fourth-order valence-electron chi connectivity index (χ4n) is 0.644. The molecule has 12 heavy (non-hydrogen) atoms. The van der Waals surface area contributed by atoms with Crippen LogP contribution in [0.4, 0.5) is 0 Å². The highest BCUT2D eigenvalue weighted by atomic mass is 16.6.